The largest absolute Gasteiger partial charge is 0.304 e. The molecular weight excluding hydrogens is 242 g/mol. The molecule has 0 aromatic heterocycles. The van der Waals surface area contributed by atoms with Crippen molar-refractivity contribution in [3.63, 3.8) is 0 Å². The zero-order chi connectivity index (χ0) is 12.5. The number of benzene rings is 2. The molecule has 18 heavy (non-hydrogen) atoms. The number of carbonyl (C=O) groups is 1. The van der Waals surface area contributed by atoms with E-state index < -0.39 is 0 Å². The number of amides is 1. The molecule has 3 rings (SSSR count). The van der Waals surface area contributed by atoms with Crippen molar-refractivity contribution in [2.24, 2.45) is 0 Å². The van der Waals surface area contributed by atoms with Crippen LogP contribution in [-0.4, -0.2) is 18.2 Å². The van der Waals surface area contributed by atoms with Crippen LogP contribution in [0.4, 0.5) is 5.69 Å². The Bertz CT molecular complexity index is 643. The van der Waals surface area contributed by atoms with E-state index in [1.165, 1.54) is 0 Å². The van der Waals surface area contributed by atoms with Crippen LogP contribution < -0.4 is 4.90 Å². The summed E-state index contributed by atoms with van der Waals surface area (Å²) in [5.74, 6) is 0.782. The Balaban J connectivity index is 2.11. The number of hydrogen-bond donors (Lipinski definition) is 1. The van der Waals surface area contributed by atoms with Crippen LogP contribution >= 0.6 is 12.6 Å². The maximum absolute atomic E-state index is 12.3. The molecule has 1 aliphatic heterocycles. The van der Waals surface area contributed by atoms with E-state index in [1.807, 2.05) is 53.5 Å². The van der Waals surface area contributed by atoms with Crippen molar-refractivity contribution < 1.29 is 4.79 Å². The molecule has 0 aliphatic carbocycles. The SMILES string of the molecule is O=C1c2cccc3cccc(c23)N1CC=CCS. The van der Waals surface area contributed by atoms with Gasteiger partial charge in [-0.25, -0.2) is 0 Å². The summed E-state index contributed by atoms with van der Waals surface area (Å²) in [5.41, 5.74) is 1.82. The minimum Gasteiger partial charge on any atom is -0.304 e. The maximum Gasteiger partial charge on any atom is 0.259 e. The van der Waals surface area contributed by atoms with Gasteiger partial charge in [0.15, 0.2) is 0 Å². The summed E-state index contributed by atoms with van der Waals surface area (Å²) in [6.07, 6.45) is 3.94. The molecule has 1 aliphatic rings. The molecule has 0 unspecified atom stereocenters. The first kappa shape index (κ1) is 11.4. The third-order valence-corrected chi connectivity index (χ3v) is 3.42. The maximum atomic E-state index is 12.3. The standard InChI is InChI=1S/C15H13NOS/c17-15-12-7-3-5-11-6-4-8-13(14(11)12)16(15)9-1-2-10-18/h1-8,18H,9-10H2. The van der Waals surface area contributed by atoms with Gasteiger partial charge in [-0.3, -0.25) is 4.79 Å². The van der Waals surface area contributed by atoms with Gasteiger partial charge in [-0.15, -0.1) is 0 Å². The second-order valence-electron chi connectivity index (χ2n) is 4.25. The van der Waals surface area contributed by atoms with E-state index in [1.54, 1.807) is 0 Å². The van der Waals surface area contributed by atoms with Gasteiger partial charge in [0.2, 0.25) is 0 Å². The summed E-state index contributed by atoms with van der Waals surface area (Å²) >= 11 is 4.13. The number of nitrogens with zero attached hydrogens (tertiary/aromatic N) is 1. The van der Waals surface area contributed by atoms with E-state index in [0.29, 0.717) is 12.3 Å². The Morgan fingerprint density at radius 2 is 1.89 bits per heavy atom. The van der Waals surface area contributed by atoms with E-state index in [9.17, 15) is 4.79 Å². The Kier molecular flexibility index (Phi) is 2.84. The number of thiol groups is 1. The average molecular weight is 255 g/mol. The molecule has 0 saturated heterocycles. The highest BCUT2D eigenvalue weighted by Gasteiger charge is 2.28. The van der Waals surface area contributed by atoms with Crippen LogP contribution in [0, 0.1) is 0 Å². The molecule has 0 spiro atoms. The van der Waals surface area contributed by atoms with Gasteiger partial charge in [0, 0.05) is 23.2 Å². The van der Waals surface area contributed by atoms with Gasteiger partial charge >= 0.3 is 0 Å². The van der Waals surface area contributed by atoms with Gasteiger partial charge in [0.1, 0.15) is 0 Å². The van der Waals surface area contributed by atoms with E-state index in [-0.39, 0.29) is 5.91 Å². The second kappa shape index (κ2) is 4.50. The molecule has 0 saturated carbocycles. The van der Waals surface area contributed by atoms with Crippen molar-refractivity contribution in [2.45, 2.75) is 0 Å². The molecule has 0 bridgehead atoms. The minimum atomic E-state index is 0.0885. The van der Waals surface area contributed by atoms with Crippen LogP contribution in [0.25, 0.3) is 10.8 Å². The quantitative estimate of drug-likeness (QED) is 0.659. The molecule has 0 fully saturated rings. The molecule has 3 heteroatoms. The fourth-order valence-corrected chi connectivity index (χ4v) is 2.56. The fraction of sp³-hybridized carbons (Fsp3) is 0.133. The second-order valence-corrected chi connectivity index (χ2v) is 4.62. The lowest BCUT2D eigenvalue weighted by Gasteiger charge is -2.15. The number of hydrogen-bond acceptors (Lipinski definition) is 2. The minimum absolute atomic E-state index is 0.0885. The normalized spacial score (nSPS) is 14.1. The van der Waals surface area contributed by atoms with E-state index in [2.05, 4.69) is 12.6 Å². The molecule has 2 aromatic rings. The van der Waals surface area contributed by atoms with Gasteiger partial charge in [0.25, 0.3) is 5.91 Å². The van der Waals surface area contributed by atoms with E-state index >= 15 is 0 Å². The van der Waals surface area contributed by atoms with Gasteiger partial charge in [-0.05, 0) is 17.5 Å². The molecule has 90 valence electrons. The molecule has 1 amide bonds. The monoisotopic (exact) mass is 255 g/mol. The third kappa shape index (κ3) is 1.63. The number of rotatable bonds is 3. The van der Waals surface area contributed by atoms with E-state index in [0.717, 1.165) is 22.0 Å². The zero-order valence-corrected chi connectivity index (χ0v) is 10.7. The van der Waals surface area contributed by atoms with Crippen molar-refractivity contribution in [3.8, 4) is 0 Å². The first-order valence-corrected chi connectivity index (χ1v) is 6.55. The first-order chi connectivity index (χ1) is 8.83. The van der Waals surface area contributed by atoms with Gasteiger partial charge in [-0.1, -0.05) is 36.4 Å². The summed E-state index contributed by atoms with van der Waals surface area (Å²) in [6.45, 7) is 0.604. The Morgan fingerprint density at radius 3 is 2.67 bits per heavy atom. The number of anilines is 1. The Hall–Kier alpha value is -1.74. The van der Waals surface area contributed by atoms with Crippen LogP contribution in [0.2, 0.25) is 0 Å². The van der Waals surface area contributed by atoms with Crippen LogP contribution in [0.5, 0.6) is 0 Å². The van der Waals surface area contributed by atoms with Crippen LogP contribution in [0.3, 0.4) is 0 Å². The summed E-state index contributed by atoms with van der Waals surface area (Å²) in [4.78, 5) is 14.2. The van der Waals surface area contributed by atoms with Crippen LogP contribution in [-0.2, 0) is 0 Å². The van der Waals surface area contributed by atoms with Gasteiger partial charge in [-0.2, -0.15) is 12.6 Å². The molecule has 0 radical (unpaired) electrons. The molecule has 1 heterocycles. The lowest BCUT2D eigenvalue weighted by Crippen LogP contribution is -2.26. The Morgan fingerprint density at radius 1 is 1.11 bits per heavy atom. The topological polar surface area (TPSA) is 20.3 Å². The lowest BCUT2D eigenvalue weighted by molar-refractivity contribution is 0.0996. The number of carbonyl (C=O) groups excluding carboxylic acids is 1. The summed E-state index contributed by atoms with van der Waals surface area (Å²) in [5, 5.41) is 2.20. The van der Waals surface area contributed by atoms with E-state index in [4.69, 9.17) is 0 Å². The zero-order valence-electron chi connectivity index (χ0n) is 9.84. The fourth-order valence-electron chi connectivity index (χ4n) is 2.41. The molecule has 0 atom stereocenters. The molecule has 0 N–H and O–H groups in total. The highest BCUT2D eigenvalue weighted by molar-refractivity contribution is 7.80. The summed E-state index contributed by atoms with van der Waals surface area (Å²) < 4.78 is 0. The van der Waals surface area contributed by atoms with Crippen molar-refractivity contribution in [2.75, 3.05) is 17.2 Å². The average Bonchev–Trinajstić information content (AvgIpc) is 2.67. The van der Waals surface area contributed by atoms with Crippen molar-refractivity contribution in [1.82, 2.24) is 0 Å². The molecular formula is C15H13NOS. The van der Waals surface area contributed by atoms with Crippen molar-refractivity contribution in [1.29, 1.82) is 0 Å². The first-order valence-electron chi connectivity index (χ1n) is 5.92. The highest BCUT2D eigenvalue weighted by Crippen LogP contribution is 2.36. The lowest BCUT2D eigenvalue weighted by atomic mass is 10.1. The summed E-state index contributed by atoms with van der Waals surface area (Å²) in [6, 6.07) is 11.9. The molecule has 2 aromatic carbocycles. The van der Waals surface area contributed by atoms with Crippen molar-refractivity contribution in [3.05, 3.63) is 54.1 Å². The predicted molar refractivity (Wildman–Crippen MR) is 78.6 cm³/mol. The predicted octanol–water partition coefficient (Wildman–Crippen LogP) is 3.29. The third-order valence-electron chi connectivity index (χ3n) is 3.21. The Labute approximate surface area is 111 Å². The highest BCUT2D eigenvalue weighted by atomic mass is 32.1. The van der Waals surface area contributed by atoms with Gasteiger partial charge in [0.05, 0.1) is 5.69 Å². The van der Waals surface area contributed by atoms with Gasteiger partial charge < -0.3 is 4.90 Å². The van der Waals surface area contributed by atoms with Crippen LogP contribution in [0.15, 0.2) is 48.6 Å². The van der Waals surface area contributed by atoms with Crippen LogP contribution in [0.1, 0.15) is 10.4 Å². The summed E-state index contributed by atoms with van der Waals surface area (Å²) in [7, 11) is 0. The molecule has 2 nitrogen and oxygen atoms in total. The van der Waals surface area contributed by atoms with Crippen molar-refractivity contribution >= 4 is 35.0 Å². The smallest absolute Gasteiger partial charge is 0.259 e.